The quantitative estimate of drug-likeness (QED) is 0.543. The summed E-state index contributed by atoms with van der Waals surface area (Å²) in [6, 6.07) is 14.6. The second-order valence-electron chi connectivity index (χ2n) is 7.16. The van der Waals surface area contributed by atoms with E-state index < -0.39 is 10.0 Å². The van der Waals surface area contributed by atoms with Crippen LogP contribution in [0.3, 0.4) is 0 Å². The van der Waals surface area contributed by atoms with Gasteiger partial charge < -0.3 is 0 Å². The molecule has 0 radical (unpaired) electrons. The van der Waals surface area contributed by atoms with Crippen LogP contribution in [0.4, 0.5) is 0 Å². The van der Waals surface area contributed by atoms with Gasteiger partial charge in [0.1, 0.15) is 5.01 Å². The lowest BCUT2D eigenvalue weighted by molar-refractivity contribution is 0.288. The Balaban J connectivity index is 1.54. The van der Waals surface area contributed by atoms with Crippen LogP contribution in [0.1, 0.15) is 19.8 Å². The summed E-state index contributed by atoms with van der Waals surface area (Å²) >= 11 is 7.50. The molecule has 0 unspecified atom stereocenters. The Hall–Kier alpha value is -1.73. The minimum absolute atomic E-state index is 0.346. The van der Waals surface area contributed by atoms with E-state index in [1.807, 2.05) is 41.8 Å². The van der Waals surface area contributed by atoms with Gasteiger partial charge in [-0.15, -0.1) is 11.3 Å². The van der Waals surface area contributed by atoms with Crippen molar-refractivity contribution in [2.75, 3.05) is 13.1 Å². The molecule has 2 heterocycles. The Morgan fingerprint density at radius 3 is 2.25 bits per heavy atom. The maximum absolute atomic E-state index is 12.9. The number of hydrogen-bond donors (Lipinski definition) is 0. The van der Waals surface area contributed by atoms with Crippen molar-refractivity contribution in [1.29, 1.82) is 0 Å². The van der Waals surface area contributed by atoms with Crippen LogP contribution in [0.25, 0.3) is 21.8 Å². The lowest BCUT2D eigenvalue weighted by Gasteiger charge is -2.29. The molecule has 0 N–H and O–H groups in total. The summed E-state index contributed by atoms with van der Waals surface area (Å²) in [6.45, 7) is 3.37. The SMILES string of the molecule is CC1CCN(S(=O)(=O)c2ccc(-c3csc(-c4ccc(Cl)cc4)n3)cc2)CC1. The lowest BCUT2D eigenvalue weighted by Crippen LogP contribution is -2.37. The Bertz CT molecular complexity index is 1050. The molecule has 28 heavy (non-hydrogen) atoms. The van der Waals surface area contributed by atoms with Crippen LogP contribution in [0.5, 0.6) is 0 Å². The normalized spacial score (nSPS) is 16.4. The van der Waals surface area contributed by atoms with E-state index in [-0.39, 0.29) is 0 Å². The summed E-state index contributed by atoms with van der Waals surface area (Å²) in [5.74, 6) is 0.591. The van der Waals surface area contributed by atoms with Crippen molar-refractivity contribution in [1.82, 2.24) is 9.29 Å². The third kappa shape index (κ3) is 4.01. The number of halogens is 1. The van der Waals surface area contributed by atoms with Crippen molar-refractivity contribution in [3.8, 4) is 21.8 Å². The van der Waals surface area contributed by atoms with E-state index in [1.54, 1.807) is 27.8 Å². The van der Waals surface area contributed by atoms with Crippen LogP contribution < -0.4 is 0 Å². The molecule has 0 amide bonds. The lowest BCUT2D eigenvalue weighted by atomic mass is 10.0. The van der Waals surface area contributed by atoms with Gasteiger partial charge in [0, 0.05) is 34.6 Å². The maximum Gasteiger partial charge on any atom is 0.243 e. The third-order valence-corrected chi connectivity index (χ3v) is 8.18. The number of sulfonamides is 1. The van der Waals surface area contributed by atoms with Gasteiger partial charge in [-0.3, -0.25) is 0 Å². The molecule has 7 heteroatoms. The molecule has 1 aliphatic rings. The molecule has 0 atom stereocenters. The summed E-state index contributed by atoms with van der Waals surface area (Å²) in [6.07, 6.45) is 1.84. The van der Waals surface area contributed by atoms with Crippen LogP contribution in [0.2, 0.25) is 5.02 Å². The fraction of sp³-hybridized carbons (Fsp3) is 0.286. The first-order valence-corrected chi connectivity index (χ1v) is 12.0. The fourth-order valence-electron chi connectivity index (χ4n) is 3.30. The number of thiazole rings is 1. The second-order valence-corrected chi connectivity index (χ2v) is 10.4. The van der Waals surface area contributed by atoms with Crippen molar-refractivity contribution >= 4 is 33.0 Å². The van der Waals surface area contributed by atoms with E-state index in [2.05, 4.69) is 11.9 Å². The van der Waals surface area contributed by atoms with Crippen LogP contribution in [-0.4, -0.2) is 30.8 Å². The van der Waals surface area contributed by atoms with Crippen molar-refractivity contribution in [2.45, 2.75) is 24.7 Å². The molecule has 0 aliphatic carbocycles. The van der Waals surface area contributed by atoms with Gasteiger partial charge in [-0.1, -0.05) is 42.8 Å². The Morgan fingerprint density at radius 1 is 1.00 bits per heavy atom. The van der Waals surface area contributed by atoms with Gasteiger partial charge in [-0.25, -0.2) is 13.4 Å². The number of piperidine rings is 1. The molecule has 4 nitrogen and oxygen atoms in total. The number of hydrogen-bond acceptors (Lipinski definition) is 4. The molecular formula is C21H21ClN2O2S2. The van der Waals surface area contributed by atoms with E-state index in [1.165, 1.54) is 0 Å². The Morgan fingerprint density at radius 2 is 1.61 bits per heavy atom. The van der Waals surface area contributed by atoms with Gasteiger partial charge in [0.15, 0.2) is 0 Å². The molecule has 2 aromatic carbocycles. The molecule has 1 saturated heterocycles. The van der Waals surface area contributed by atoms with E-state index in [4.69, 9.17) is 11.6 Å². The van der Waals surface area contributed by atoms with Gasteiger partial charge in [-0.2, -0.15) is 4.31 Å². The van der Waals surface area contributed by atoms with E-state index in [0.717, 1.165) is 34.7 Å². The third-order valence-electron chi connectivity index (χ3n) is 5.13. The first-order valence-electron chi connectivity index (χ1n) is 9.25. The number of benzene rings is 2. The molecule has 1 fully saturated rings. The van der Waals surface area contributed by atoms with Gasteiger partial charge >= 0.3 is 0 Å². The average Bonchev–Trinajstić information content (AvgIpc) is 3.19. The summed E-state index contributed by atoms with van der Waals surface area (Å²) < 4.78 is 27.3. The Labute approximate surface area is 174 Å². The maximum atomic E-state index is 12.9. The molecular weight excluding hydrogens is 412 g/mol. The number of rotatable bonds is 4. The van der Waals surface area contributed by atoms with Crippen molar-refractivity contribution in [3.05, 3.63) is 58.9 Å². The monoisotopic (exact) mass is 432 g/mol. The van der Waals surface area contributed by atoms with Gasteiger partial charge in [0.2, 0.25) is 10.0 Å². The highest BCUT2D eigenvalue weighted by molar-refractivity contribution is 7.89. The molecule has 4 rings (SSSR count). The molecule has 0 spiro atoms. The summed E-state index contributed by atoms with van der Waals surface area (Å²) in [4.78, 5) is 5.03. The summed E-state index contributed by atoms with van der Waals surface area (Å²) in [5.41, 5.74) is 2.76. The highest BCUT2D eigenvalue weighted by atomic mass is 35.5. The fourth-order valence-corrected chi connectivity index (χ4v) is 5.73. The van der Waals surface area contributed by atoms with Gasteiger partial charge in [-0.05, 0) is 43.0 Å². The molecule has 0 saturated carbocycles. The summed E-state index contributed by atoms with van der Waals surface area (Å²) in [7, 11) is -3.42. The molecule has 0 bridgehead atoms. The minimum atomic E-state index is -3.42. The van der Waals surface area contributed by atoms with E-state index in [9.17, 15) is 8.42 Å². The topological polar surface area (TPSA) is 50.3 Å². The number of aromatic nitrogens is 1. The minimum Gasteiger partial charge on any atom is -0.236 e. The van der Waals surface area contributed by atoms with Gasteiger partial charge in [0.05, 0.1) is 10.6 Å². The van der Waals surface area contributed by atoms with Crippen molar-refractivity contribution < 1.29 is 8.42 Å². The highest BCUT2D eigenvalue weighted by Crippen LogP contribution is 2.31. The molecule has 1 aromatic heterocycles. The molecule has 146 valence electrons. The first-order chi connectivity index (χ1) is 13.4. The van der Waals surface area contributed by atoms with Crippen LogP contribution in [-0.2, 0) is 10.0 Å². The predicted octanol–water partition coefficient (Wildman–Crippen LogP) is 5.55. The van der Waals surface area contributed by atoms with Gasteiger partial charge in [0.25, 0.3) is 0 Å². The van der Waals surface area contributed by atoms with E-state index >= 15 is 0 Å². The van der Waals surface area contributed by atoms with Crippen molar-refractivity contribution in [3.63, 3.8) is 0 Å². The highest BCUT2D eigenvalue weighted by Gasteiger charge is 2.27. The predicted molar refractivity (Wildman–Crippen MR) is 115 cm³/mol. The largest absolute Gasteiger partial charge is 0.243 e. The number of nitrogens with zero attached hydrogens (tertiary/aromatic N) is 2. The average molecular weight is 433 g/mol. The van der Waals surface area contributed by atoms with Crippen molar-refractivity contribution in [2.24, 2.45) is 5.92 Å². The van der Waals surface area contributed by atoms with E-state index in [0.29, 0.717) is 28.9 Å². The zero-order valence-electron chi connectivity index (χ0n) is 15.5. The molecule has 1 aliphatic heterocycles. The van der Waals surface area contributed by atoms with Crippen LogP contribution >= 0.6 is 22.9 Å². The summed E-state index contributed by atoms with van der Waals surface area (Å²) in [5, 5.41) is 3.59. The first kappa shape index (κ1) is 19.6. The second kappa shape index (κ2) is 7.95. The molecule has 3 aromatic rings. The Kier molecular flexibility index (Phi) is 5.56. The standard InChI is InChI=1S/C21H21ClN2O2S2/c1-15-10-12-24(13-11-15)28(25,26)19-8-4-16(5-9-19)20-14-27-21(23-20)17-2-6-18(22)7-3-17/h2-9,14-15H,10-13H2,1H3. The zero-order valence-corrected chi connectivity index (χ0v) is 17.9. The van der Waals surface area contributed by atoms with Crippen LogP contribution in [0, 0.1) is 5.92 Å². The zero-order chi connectivity index (χ0) is 19.7. The smallest absolute Gasteiger partial charge is 0.236 e. The van der Waals surface area contributed by atoms with Crippen LogP contribution in [0.15, 0.2) is 58.8 Å².